The van der Waals surface area contributed by atoms with Crippen LogP contribution >= 0.6 is 0 Å². The molecule has 9 heteroatoms. The fraction of sp³-hybridized carbons (Fsp3) is 0.308. The van der Waals surface area contributed by atoms with Crippen molar-refractivity contribution in [2.75, 3.05) is 5.32 Å². The van der Waals surface area contributed by atoms with Gasteiger partial charge in [-0.1, -0.05) is 6.07 Å². The first kappa shape index (κ1) is 16.2. The molecule has 3 nitrogen and oxygen atoms in total. The maximum Gasteiger partial charge on any atom is 0.435 e. The van der Waals surface area contributed by atoms with Gasteiger partial charge in [-0.2, -0.15) is 31.4 Å². The van der Waals surface area contributed by atoms with Gasteiger partial charge in [0.05, 0.1) is 17.8 Å². The lowest BCUT2D eigenvalue weighted by Gasteiger charge is -2.10. The first-order chi connectivity index (χ1) is 10.1. The largest absolute Gasteiger partial charge is 0.435 e. The number of halogens is 6. The summed E-state index contributed by atoms with van der Waals surface area (Å²) in [5.41, 5.74) is -1.52. The third kappa shape index (κ3) is 3.71. The molecule has 120 valence electrons. The van der Waals surface area contributed by atoms with Crippen LogP contribution in [-0.2, 0) is 25.9 Å². The molecule has 0 aliphatic carbocycles. The molecular formula is C13H11F6N3. The van der Waals surface area contributed by atoms with E-state index in [0.717, 1.165) is 22.9 Å². The summed E-state index contributed by atoms with van der Waals surface area (Å²) in [6.45, 7) is -0.0824. The van der Waals surface area contributed by atoms with E-state index in [9.17, 15) is 26.3 Å². The first-order valence-electron chi connectivity index (χ1n) is 6.08. The molecule has 0 atom stereocenters. The molecule has 0 bridgehead atoms. The lowest BCUT2D eigenvalue weighted by molar-refractivity contribution is -0.141. The molecule has 2 rings (SSSR count). The molecule has 0 aliphatic rings. The van der Waals surface area contributed by atoms with Gasteiger partial charge in [-0.25, -0.2) is 0 Å². The van der Waals surface area contributed by atoms with Crippen LogP contribution < -0.4 is 5.32 Å². The van der Waals surface area contributed by atoms with Crippen molar-refractivity contribution in [2.24, 2.45) is 7.05 Å². The number of anilines is 1. The molecule has 1 heterocycles. The second-order valence-electron chi connectivity index (χ2n) is 4.57. The van der Waals surface area contributed by atoms with Crippen molar-refractivity contribution in [1.29, 1.82) is 0 Å². The highest BCUT2D eigenvalue weighted by Crippen LogP contribution is 2.31. The Morgan fingerprint density at radius 3 is 2.27 bits per heavy atom. The van der Waals surface area contributed by atoms with Crippen LogP contribution in [0.4, 0.5) is 32.0 Å². The second-order valence-corrected chi connectivity index (χ2v) is 4.57. The standard InChI is InChI=1S/C13H11F6N3/c1-22-10(6-11(21-22)13(17,18)19)7-20-9-4-2-3-8(5-9)12(14,15)16/h2-6,20H,7H2,1H3. The van der Waals surface area contributed by atoms with Gasteiger partial charge in [0.25, 0.3) is 0 Å². The normalized spacial score (nSPS) is 12.5. The van der Waals surface area contributed by atoms with E-state index >= 15 is 0 Å². The van der Waals surface area contributed by atoms with Gasteiger partial charge in [0.2, 0.25) is 0 Å². The summed E-state index contributed by atoms with van der Waals surface area (Å²) in [7, 11) is 1.33. The van der Waals surface area contributed by atoms with E-state index in [2.05, 4.69) is 10.4 Å². The lowest BCUT2D eigenvalue weighted by Crippen LogP contribution is -2.08. The average molecular weight is 323 g/mol. The minimum Gasteiger partial charge on any atom is -0.379 e. The highest BCUT2D eigenvalue weighted by Gasteiger charge is 2.34. The quantitative estimate of drug-likeness (QED) is 0.863. The van der Waals surface area contributed by atoms with Crippen molar-refractivity contribution < 1.29 is 26.3 Å². The van der Waals surface area contributed by atoms with E-state index < -0.39 is 23.6 Å². The summed E-state index contributed by atoms with van der Waals surface area (Å²) >= 11 is 0. The number of nitrogens with one attached hydrogen (secondary N) is 1. The highest BCUT2D eigenvalue weighted by molar-refractivity contribution is 5.46. The van der Waals surface area contributed by atoms with Gasteiger partial charge in [-0.15, -0.1) is 0 Å². The predicted octanol–water partition coefficient (Wildman–Crippen LogP) is 4.07. The van der Waals surface area contributed by atoms with E-state index in [1.165, 1.54) is 19.2 Å². The molecule has 0 aliphatic heterocycles. The number of rotatable bonds is 3. The van der Waals surface area contributed by atoms with Gasteiger partial charge < -0.3 is 5.32 Å². The molecule has 1 aromatic heterocycles. The van der Waals surface area contributed by atoms with E-state index in [4.69, 9.17) is 0 Å². The van der Waals surface area contributed by atoms with Gasteiger partial charge in [0, 0.05) is 12.7 Å². The minimum absolute atomic E-state index is 0.0824. The van der Waals surface area contributed by atoms with Crippen LogP contribution in [0.2, 0.25) is 0 Å². The summed E-state index contributed by atoms with van der Waals surface area (Å²) in [5.74, 6) is 0. The SMILES string of the molecule is Cn1nc(C(F)(F)F)cc1CNc1cccc(C(F)(F)F)c1. The van der Waals surface area contributed by atoms with E-state index in [1.54, 1.807) is 0 Å². The maximum absolute atomic E-state index is 12.6. The molecule has 0 saturated carbocycles. The molecule has 0 spiro atoms. The first-order valence-corrected chi connectivity index (χ1v) is 6.08. The molecule has 2 aromatic rings. The molecule has 0 radical (unpaired) electrons. The van der Waals surface area contributed by atoms with Crippen molar-refractivity contribution in [3.05, 3.63) is 47.3 Å². The summed E-state index contributed by atoms with van der Waals surface area (Å²) in [4.78, 5) is 0. The Bertz CT molecular complexity index is 657. The van der Waals surface area contributed by atoms with E-state index in [0.29, 0.717) is 0 Å². The van der Waals surface area contributed by atoms with Crippen molar-refractivity contribution in [3.63, 3.8) is 0 Å². The van der Waals surface area contributed by atoms with Crippen molar-refractivity contribution >= 4 is 5.69 Å². The molecule has 0 fully saturated rings. The number of nitrogens with zero attached hydrogens (tertiary/aromatic N) is 2. The van der Waals surface area contributed by atoms with Gasteiger partial charge in [0.15, 0.2) is 5.69 Å². The molecular weight excluding hydrogens is 312 g/mol. The average Bonchev–Trinajstić information content (AvgIpc) is 2.77. The van der Waals surface area contributed by atoms with Gasteiger partial charge >= 0.3 is 12.4 Å². The van der Waals surface area contributed by atoms with Gasteiger partial charge in [-0.05, 0) is 24.3 Å². The number of alkyl halides is 6. The van der Waals surface area contributed by atoms with Crippen LogP contribution in [0.1, 0.15) is 17.0 Å². The number of aryl methyl sites for hydroxylation is 1. The maximum atomic E-state index is 12.6. The van der Waals surface area contributed by atoms with Gasteiger partial charge in [0.1, 0.15) is 0 Å². The number of hydrogen-bond acceptors (Lipinski definition) is 2. The second kappa shape index (κ2) is 5.54. The Morgan fingerprint density at radius 1 is 1.05 bits per heavy atom. The van der Waals surface area contributed by atoms with Crippen LogP contribution in [0, 0.1) is 0 Å². The third-order valence-electron chi connectivity index (χ3n) is 2.93. The summed E-state index contributed by atoms with van der Waals surface area (Å²) < 4.78 is 76.2. The Balaban J connectivity index is 2.12. The van der Waals surface area contributed by atoms with Crippen LogP contribution in [0.25, 0.3) is 0 Å². The summed E-state index contributed by atoms with van der Waals surface area (Å²) in [6.07, 6.45) is -9.04. The number of aromatic nitrogens is 2. The third-order valence-corrected chi connectivity index (χ3v) is 2.93. The lowest BCUT2D eigenvalue weighted by atomic mass is 10.2. The molecule has 1 N–H and O–H groups in total. The van der Waals surface area contributed by atoms with Crippen LogP contribution in [0.15, 0.2) is 30.3 Å². The van der Waals surface area contributed by atoms with Crippen molar-refractivity contribution in [3.8, 4) is 0 Å². The van der Waals surface area contributed by atoms with Crippen molar-refractivity contribution in [2.45, 2.75) is 18.9 Å². The summed E-state index contributed by atoms with van der Waals surface area (Å²) in [5, 5.41) is 5.97. The van der Waals surface area contributed by atoms with Crippen LogP contribution in [0.3, 0.4) is 0 Å². The van der Waals surface area contributed by atoms with Gasteiger partial charge in [-0.3, -0.25) is 4.68 Å². The predicted molar refractivity (Wildman–Crippen MR) is 67.0 cm³/mol. The zero-order chi connectivity index (χ0) is 16.5. The highest BCUT2D eigenvalue weighted by atomic mass is 19.4. The number of hydrogen-bond donors (Lipinski definition) is 1. The van der Waals surface area contributed by atoms with E-state index in [-0.39, 0.29) is 17.9 Å². The zero-order valence-electron chi connectivity index (χ0n) is 11.3. The smallest absolute Gasteiger partial charge is 0.379 e. The molecule has 0 amide bonds. The van der Waals surface area contributed by atoms with Crippen molar-refractivity contribution in [1.82, 2.24) is 9.78 Å². The topological polar surface area (TPSA) is 29.9 Å². The Hall–Kier alpha value is -2.19. The molecule has 22 heavy (non-hydrogen) atoms. The fourth-order valence-corrected chi connectivity index (χ4v) is 1.81. The minimum atomic E-state index is -4.56. The monoisotopic (exact) mass is 323 g/mol. The Labute approximate surface area is 121 Å². The molecule has 1 aromatic carbocycles. The molecule has 0 unspecified atom stereocenters. The van der Waals surface area contributed by atoms with Crippen LogP contribution in [0.5, 0.6) is 0 Å². The fourth-order valence-electron chi connectivity index (χ4n) is 1.81. The molecule has 0 saturated heterocycles. The van der Waals surface area contributed by atoms with E-state index in [1.807, 2.05) is 0 Å². The zero-order valence-corrected chi connectivity index (χ0v) is 11.3. The number of benzene rings is 1. The summed E-state index contributed by atoms with van der Waals surface area (Å²) in [6, 6.07) is 5.27. The van der Waals surface area contributed by atoms with Crippen LogP contribution in [-0.4, -0.2) is 9.78 Å². The Morgan fingerprint density at radius 2 is 1.73 bits per heavy atom. The Kier molecular flexibility index (Phi) is 4.08.